The van der Waals surface area contributed by atoms with Gasteiger partial charge in [0.15, 0.2) is 0 Å². The Labute approximate surface area is 172 Å². The highest BCUT2D eigenvalue weighted by Gasteiger charge is 2.16. The van der Waals surface area contributed by atoms with E-state index in [-0.39, 0.29) is 5.91 Å². The zero-order valence-corrected chi connectivity index (χ0v) is 17.2. The molecular weight excluding hydrogens is 432 g/mol. The lowest BCUT2D eigenvalue weighted by Crippen LogP contribution is -2.36. The molecule has 1 aliphatic heterocycles. The smallest absolute Gasteiger partial charge is 0.248 e. The van der Waals surface area contributed by atoms with E-state index in [1.165, 1.54) is 6.08 Å². The molecule has 1 saturated heterocycles. The van der Waals surface area contributed by atoms with Crippen LogP contribution < -0.4 is 15.0 Å². The van der Waals surface area contributed by atoms with Crippen LogP contribution in [0, 0.1) is 0 Å². The highest BCUT2D eigenvalue weighted by Crippen LogP contribution is 2.30. The molecule has 1 heterocycles. The number of nitrogens with one attached hydrogen (secondary N) is 1. The molecule has 142 valence electrons. The van der Waals surface area contributed by atoms with E-state index in [0.29, 0.717) is 29.7 Å². The van der Waals surface area contributed by atoms with Crippen LogP contribution in [0.15, 0.2) is 46.9 Å². The van der Waals surface area contributed by atoms with Gasteiger partial charge >= 0.3 is 0 Å². The summed E-state index contributed by atoms with van der Waals surface area (Å²) in [6, 6.07) is 11.1. The minimum Gasteiger partial charge on any atom is -0.496 e. The van der Waals surface area contributed by atoms with Crippen LogP contribution in [0.1, 0.15) is 5.56 Å². The van der Waals surface area contributed by atoms with Crippen molar-refractivity contribution in [2.45, 2.75) is 0 Å². The fraction of sp³-hybridized carbons (Fsp3) is 0.250. The number of amides is 1. The first kappa shape index (κ1) is 19.7. The van der Waals surface area contributed by atoms with E-state index in [0.717, 1.165) is 28.8 Å². The number of hydrogen-bond acceptors (Lipinski definition) is 4. The van der Waals surface area contributed by atoms with Crippen LogP contribution in [0.4, 0.5) is 11.4 Å². The van der Waals surface area contributed by atoms with Gasteiger partial charge in [0.05, 0.1) is 31.7 Å². The summed E-state index contributed by atoms with van der Waals surface area (Å²) in [5.41, 5.74) is 2.42. The molecule has 2 aromatic rings. The summed E-state index contributed by atoms with van der Waals surface area (Å²) in [5.74, 6) is 0.452. The van der Waals surface area contributed by atoms with Gasteiger partial charge in [0, 0.05) is 34.2 Å². The van der Waals surface area contributed by atoms with Crippen molar-refractivity contribution in [1.29, 1.82) is 0 Å². The molecule has 1 amide bonds. The molecule has 0 saturated carbocycles. The fourth-order valence-corrected chi connectivity index (χ4v) is 3.41. The highest BCUT2D eigenvalue weighted by molar-refractivity contribution is 9.10. The van der Waals surface area contributed by atoms with Crippen LogP contribution in [0.5, 0.6) is 5.75 Å². The monoisotopic (exact) mass is 450 g/mol. The van der Waals surface area contributed by atoms with Gasteiger partial charge in [-0.15, -0.1) is 0 Å². The summed E-state index contributed by atoms with van der Waals surface area (Å²) in [7, 11) is 1.60. The SMILES string of the molecule is COc1ccc(Br)cc1C=CC(=O)Nc1cc(Cl)ccc1N1CCOCC1. The van der Waals surface area contributed by atoms with Crippen LogP contribution >= 0.6 is 27.5 Å². The number of hydrogen-bond donors (Lipinski definition) is 1. The first-order valence-corrected chi connectivity index (χ1v) is 9.69. The maximum atomic E-state index is 12.5. The van der Waals surface area contributed by atoms with Crippen molar-refractivity contribution >= 4 is 50.9 Å². The second kappa shape index (κ2) is 9.26. The molecule has 0 radical (unpaired) electrons. The maximum absolute atomic E-state index is 12.5. The molecule has 2 aromatic carbocycles. The molecule has 27 heavy (non-hydrogen) atoms. The Hall–Kier alpha value is -2.02. The molecule has 0 spiro atoms. The number of ether oxygens (including phenoxy) is 2. The van der Waals surface area contributed by atoms with Gasteiger partial charge in [-0.1, -0.05) is 27.5 Å². The lowest BCUT2D eigenvalue weighted by Gasteiger charge is -2.30. The molecule has 7 heteroatoms. The Morgan fingerprint density at radius 2 is 2.04 bits per heavy atom. The van der Waals surface area contributed by atoms with E-state index in [1.807, 2.05) is 30.3 Å². The summed E-state index contributed by atoms with van der Waals surface area (Å²) in [6.07, 6.45) is 3.20. The Balaban J connectivity index is 1.78. The number of carbonyl (C=O) groups excluding carboxylic acids is 1. The number of morpholine rings is 1. The average Bonchev–Trinajstić information content (AvgIpc) is 2.67. The second-order valence-corrected chi connectivity index (χ2v) is 7.32. The predicted octanol–water partition coefficient (Wildman–Crippen LogP) is 4.60. The van der Waals surface area contributed by atoms with Crippen molar-refractivity contribution in [2.75, 3.05) is 43.6 Å². The van der Waals surface area contributed by atoms with Gasteiger partial charge in [-0.3, -0.25) is 4.79 Å². The highest BCUT2D eigenvalue weighted by atomic mass is 79.9. The van der Waals surface area contributed by atoms with E-state index in [2.05, 4.69) is 26.1 Å². The molecule has 0 atom stereocenters. The van der Waals surface area contributed by atoms with Crippen LogP contribution in [0.25, 0.3) is 6.08 Å². The second-order valence-electron chi connectivity index (χ2n) is 5.97. The number of methoxy groups -OCH3 is 1. The zero-order chi connectivity index (χ0) is 19.2. The standard InChI is InChI=1S/C20H20BrClN2O3/c1-26-19-6-3-15(21)12-14(19)2-7-20(25)23-17-13-16(22)4-5-18(17)24-8-10-27-11-9-24/h2-7,12-13H,8-11H2,1H3,(H,23,25). The molecule has 0 aromatic heterocycles. The van der Waals surface area contributed by atoms with E-state index >= 15 is 0 Å². The van der Waals surface area contributed by atoms with Crippen molar-refractivity contribution in [2.24, 2.45) is 0 Å². The lowest BCUT2D eigenvalue weighted by molar-refractivity contribution is -0.111. The third-order valence-corrected chi connectivity index (χ3v) is 4.90. The Morgan fingerprint density at radius 1 is 1.26 bits per heavy atom. The van der Waals surface area contributed by atoms with Crippen molar-refractivity contribution < 1.29 is 14.3 Å². The van der Waals surface area contributed by atoms with E-state index in [9.17, 15) is 4.79 Å². The topological polar surface area (TPSA) is 50.8 Å². The fourth-order valence-electron chi connectivity index (χ4n) is 2.86. The first-order valence-electron chi connectivity index (χ1n) is 8.51. The molecule has 1 aliphatic rings. The maximum Gasteiger partial charge on any atom is 0.248 e. The number of carbonyl (C=O) groups is 1. The third kappa shape index (κ3) is 5.25. The molecule has 1 N–H and O–H groups in total. The minimum atomic E-state index is -0.242. The van der Waals surface area contributed by atoms with Gasteiger partial charge in [0.2, 0.25) is 5.91 Å². The first-order chi connectivity index (χ1) is 13.1. The van der Waals surface area contributed by atoms with E-state index < -0.39 is 0 Å². The number of anilines is 2. The number of nitrogens with zero attached hydrogens (tertiary/aromatic N) is 1. The quantitative estimate of drug-likeness (QED) is 0.675. The predicted molar refractivity (Wildman–Crippen MR) is 113 cm³/mol. The normalized spacial score (nSPS) is 14.4. The Morgan fingerprint density at radius 3 is 2.78 bits per heavy atom. The van der Waals surface area contributed by atoms with Gasteiger partial charge in [-0.2, -0.15) is 0 Å². The summed E-state index contributed by atoms with van der Waals surface area (Å²) < 4.78 is 11.6. The van der Waals surface area contributed by atoms with Crippen molar-refractivity contribution in [1.82, 2.24) is 0 Å². The van der Waals surface area contributed by atoms with E-state index in [4.69, 9.17) is 21.1 Å². The minimum absolute atomic E-state index is 0.242. The molecule has 0 bridgehead atoms. The number of rotatable bonds is 5. The number of halogens is 2. The molecule has 0 aliphatic carbocycles. The molecule has 5 nitrogen and oxygen atoms in total. The van der Waals surface area contributed by atoms with Crippen LogP contribution in [0.2, 0.25) is 5.02 Å². The Bertz CT molecular complexity index is 851. The van der Waals surface area contributed by atoms with Crippen LogP contribution in [0.3, 0.4) is 0 Å². The Kier molecular flexibility index (Phi) is 6.77. The summed E-state index contributed by atoms with van der Waals surface area (Å²) in [6.45, 7) is 2.88. The van der Waals surface area contributed by atoms with Crippen molar-refractivity contribution in [3.8, 4) is 5.75 Å². The van der Waals surface area contributed by atoms with Gasteiger partial charge in [-0.25, -0.2) is 0 Å². The third-order valence-electron chi connectivity index (χ3n) is 4.17. The largest absolute Gasteiger partial charge is 0.496 e. The van der Waals surface area contributed by atoms with Crippen LogP contribution in [-0.4, -0.2) is 39.3 Å². The van der Waals surface area contributed by atoms with Crippen molar-refractivity contribution in [3.63, 3.8) is 0 Å². The summed E-state index contributed by atoms with van der Waals surface area (Å²) in [4.78, 5) is 14.7. The molecular formula is C20H20BrClN2O3. The van der Waals surface area contributed by atoms with Gasteiger partial charge in [-0.05, 0) is 42.5 Å². The summed E-state index contributed by atoms with van der Waals surface area (Å²) in [5, 5.41) is 3.50. The summed E-state index contributed by atoms with van der Waals surface area (Å²) >= 11 is 9.56. The zero-order valence-electron chi connectivity index (χ0n) is 14.9. The molecule has 3 rings (SSSR count). The van der Waals surface area contributed by atoms with Crippen molar-refractivity contribution in [3.05, 3.63) is 57.5 Å². The van der Waals surface area contributed by atoms with Gasteiger partial charge in [0.25, 0.3) is 0 Å². The van der Waals surface area contributed by atoms with Crippen LogP contribution in [-0.2, 0) is 9.53 Å². The molecule has 0 unspecified atom stereocenters. The van der Waals surface area contributed by atoms with E-state index in [1.54, 1.807) is 19.3 Å². The molecule has 1 fully saturated rings. The lowest BCUT2D eigenvalue weighted by atomic mass is 10.2. The van der Waals surface area contributed by atoms with Gasteiger partial charge < -0.3 is 19.7 Å². The number of benzene rings is 2. The van der Waals surface area contributed by atoms with Gasteiger partial charge in [0.1, 0.15) is 5.75 Å². The average molecular weight is 452 g/mol.